The van der Waals surface area contributed by atoms with Crippen molar-refractivity contribution in [3.8, 4) is 0 Å². The van der Waals surface area contributed by atoms with Crippen LogP contribution in [-0.4, -0.2) is 42.0 Å². The van der Waals surface area contributed by atoms with Gasteiger partial charge in [0, 0.05) is 29.9 Å². The van der Waals surface area contributed by atoms with Crippen LogP contribution < -0.4 is 10.6 Å². The summed E-state index contributed by atoms with van der Waals surface area (Å²) in [5.74, 6) is 0.368. The molecule has 0 atom stereocenters. The molecular formula is C23H27ClN4O2. The number of amides is 1. The number of anilines is 2. The number of pyridine rings is 1. The highest BCUT2D eigenvalue weighted by atomic mass is 35.5. The summed E-state index contributed by atoms with van der Waals surface area (Å²) < 4.78 is 5.55. The van der Waals surface area contributed by atoms with E-state index in [4.69, 9.17) is 16.0 Å². The minimum Gasteiger partial charge on any atom is -0.464 e. The quantitative estimate of drug-likeness (QED) is 0.571. The molecule has 2 aromatic heterocycles. The molecule has 1 aromatic carbocycles. The van der Waals surface area contributed by atoms with Crippen LogP contribution in [0.15, 0.2) is 41.0 Å². The average Bonchev–Trinajstić information content (AvgIpc) is 3.07. The molecule has 30 heavy (non-hydrogen) atoms. The number of nitrogens with zero attached hydrogens (tertiary/aromatic N) is 2. The number of carbonyl (C=O) groups is 1. The standard InChI is InChI=1S/C23H27ClN4O2/c1-16-6-7-17(14-19(16)24)26-22-18-8-13-30-21(18)15-20(27-22)23(29)25-9-12-28-10-4-2-3-5-11-28/h6-8,13-15H,2-5,9-12H2,1H3,(H,25,29)(H,26,27). The van der Waals surface area contributed by atoms with Gasteiger partial charge >= 0.3 is 0 Å². The number of aromatic nitrogens is 1. The van der Waals surface area contributed by atoms with Crippen molar-refractivity contribution in [3.05, 3.63) is 52.9 Å². The molecule has 0 unspecified atom stereocenters. The Balaban J connectivity index is 1.47. The van der Waals surface area contributed by atoms with E-state index in [0.29, 0.717) is 28.7 Å². The molecule has 4 rings (SSSR count). The third-order valence-electron chi connectivity index (χ3n) is 5.53. The molecule has 3 aromatic rings. The van der Waals surface area contributed by atoms with Crippen molar-refractivity contribution in [2.75, 3.05) is 31.5 Å². The van der Waals surface area contributed by atoms with Gasteiger partial charge in [-0.3, -0.25) is 4.79 Å². The van der Waals surface area contributed by atoms with Crippen LogP contribution >= 0.6 is 11.6 Å². The SMILES string of the molecule is Cc1ccc(Nc2nc(C(=O)NCCN3CCCCCC3)cc3occc23)cc1Cl. The van der Waals surface area contributed by atoms with Crippen molar-refractivity contribution in [1.82, 2.24) is 15.2 Å². The van der Waals surface area contributed by atoms with Crippen LogP contribution in [-0.2, 0) is 0 Å². The molecule has 0 saturated carbocycles. The third-order valence-corrected chi connectivity index (χ3v) is 5.94. The van der Waals surface area contributed by atoms with Gasteiger partial charge in [0.15, 0.2) is 0 Å². The summed E-state index contributed by atoms with van der Waals surface area (Å²) in [6.07, 6.45) is 6.68. The maximum absolute atomic E-state index is 12.7. The molecule has 1 amide bonds. The van der Waals surface area contributed by atoms with Gasteiger partial charge in [-0.05, 0) is 56.6 Å². The Labute approximate surface area is 181 Å². The minimum atomic E-state index is -0.201. The highest BCUT2D eigenvalue weighted by molar-refractivity contribution is 6.31. The van der Waals surface area contributed by atoms with Gasteiger partial charge in [-0.25, -0.2) is 4.98 Å². The predicted molar refractivity (Wildman–Crippen MR) is 121 cm³/mol. The van der Waals surface area contributed by atoms with Crippen LogP contribution in [0.1, 0.15) is 41.7 Å². The summed E-state index contributed by atoms with van der Waals surface area (Å²) in [6.45, 7) is 5.64. The summed E-state index contributed by atoms with van der Waals surface area (Å²) >= 11 is 6.24. The highest BCUT2D eigenvalue weighted by Gasteiger charge is 2.15. The second-order valence-electron chi connectivity index (χ2n) is 7.79. The van der Waals surface area contributed by atoms with Crippen molar-refractivity contribution in [2.45, 2.75) is 32.6 Å². The Morgan fingerprint density at radius 1 is 1.17 bits per heavy atom. The van der Waals surface area contributed by atoms with Crippen molar-refractivity contribution >= 4 is 40.0 Å². The van der Waals surface area contributed by atoms with E-state index in [1.807, 2.05) is 31.2 Å². The van der Waals surface area contributed by atoms with Crippen molar-refractivity contribution in [1.29, 1.82) is 0 Å². The summed E-state index contributed by atoms with van der Waals surface area (Å²) in [7, 11) is 0. The Kier molecular flexibility index (Phi) is 6.55. The fraction of sp³-hybridized carbons (Fsp3) is 0.391. The summed E-state index contributed by atoms with van der Waals surface area (Å²) in [5, 5.41) is 7.75. The molecule has 1 fully saturated rings. The molecule has 0 aliphatic carbocycles. The first-order chi connectivity index (χ1) is 14.6. The minimum absolute atomic E-state index is 0.201. The normalized spacial score (nSPS) is 15.1. The van der Waals surface area contributed by atoms with Crippen LogP contribution in [0.25, 0.3) is 11.0 Å². The van der Waals surface area contributed by atoms with E-state index in [1.165, 1.54) is 25.7 Å². The van der Waals surface area contributed by atoms with E-state index in [9.17, 15) is 4.79 Å². The van der Waals surface area contributed by atoms with E-state index in [1.54, 1.807) is 12.3 Å². The maximum atomic E-state index is 12.7. The first kappa shape index (κ1) is 20.7. The van der Waals surface area contributed by atoms with Gasteiger partial charge < -0.3 is 20.0 Å². The van der Waals surface area contributed by atoms with Crippen molar-refractivity contribution < 1.29 is 9.21 Å². The fourth-order valence-electron chi connectivity index (χ4n) is 3.76. The van der Waals surface area contributed by atoms with Gasteiger partial charge in [-0.15, -0.1) is 0 Å². The second kappa shape index (κ2) is 9.49. The summed E-state index contributed by atoms with van der Waals surface area (Å²) in [6, 6.07) is 9.24. The lowest BCUT2D eigenvalue weighted by molar-refractivity contribution is 0.0943. The Morgan fingerprint density at radius 2 is 1.97 bits per heavy atom. The lowest BCUT2D eigenvalue weighted by Crippen LogP contribution is -2.35. The van der Waals surface area contributed by atoms with Crippen molar-refractivity contribution in [2.24, 2.45) is 0 Å². The molecule has 3 heterocycles. The molecule has 7 heteroatoms. The van der Waals surface area contributed by atoms with E-state index >= 15 is 0 Å². The van der Waals surface area contributed by atoms with Gasteiger partial charge in [-0.1, -0.05) is 30.5 Å². The highest BCUT2D eigenvalue weighted by Crippen LogP contribution is 2.28. The van der Waals surface area contributed by atoms with Crippen LogP contribution in [0.5, 0.6) is 0 Å². The van der Waals surface area contributed by atoms with Crippen molar-refractivity contribution in [3.63, 3.8) is 0 Å². The van der Waals surface area contributed by atoms with Crippen LogP contribution in [0.3, 0.4) is 0 Å². The summed E-state index contributed by atoms with van der Waals surface area (Å²) in [5.41, 5.74) is 2.75. The van der Waals surface area contributed by atoms with E-state index < -0.39 is 0 Å². The molecule has 0 bridgehead atoms. The molecule has 0 spiro atoms. The lowest BCUT2D eigenvalue weighted by Gasteiger charge is -2.19. The number of carbonyl (C=O) groups excluding carboxylic acids is 1. The zero-order valence-corrected chi connectivity index (χ0v) is 18.0. The van der Waals surface area contributed by atoms with E-state index in [2.05, 4.69) is 20.5 Å². The topological polar surface area (TPSA) is 70.4 Å². The molecule has 1 saturated heterocycles. The number of hydrogen-bond donors (Lipinski definition) is 2. The predicted octanol–water partition coefficient (Wildman–Crippen LogP) is 5.14. The molecule has 0 radical (unpaired) electrons. The monoisotopic (exact) mass is 426 g/mol. The zero-order chi connectivity index (χ0) is 20.9. The number of benzene rings is 1. The van der Waals surface area contributed by atoms with Gasteiger partial charge in [0.05, 0.1) is 11.6 Å². The number of hydrogen-bond acceptors (Lipinski definition) is 5. The van der Waals surface area contributed by atoms with Gasteiger partial charge in [-0.2, -0.15) is 0 Å². The number of nitrogens with one attached hydrogen (secondary N) is 2. The first-order valence-corrected chi connectivity index (χ1v) is 10.9. The Hall–Kier alpha value is -2.57. The maximum Gasteiger partial charge on any atom is 0.270 e. The molecular weight excluding hydrogens is 400 g/mol. The van der Waals surface area contributed by atoms with Gasteiger partial charge in [0.2, 0.25) is 0 Å². The van der Waals surface area contributed by atoms with Gasteiger partial charge in [0.25, 0.3) is 5.91 Å². The number of likely N-dealkylation sites (tertiary alicyclic amines) is 1. The second-order valence-corrected chi connectivity index (χ2v) is 8.20. The largest absolute Gasteiger partial charge is 0.464 e. The molecule has 1 aliphatic rings. The Morgan fingerprint density at radius 3 is 2.73 bits per heavy atom. The first-order valence-electron chi connectivity index (χ1n) is 10.5. The lowest BCUT2D eigenvalue weighted by atomic mass is 10.2. The molecule has 158 valence electrons. The fourth-order valence-corrected chi connectivity index (χ4v) is 3.94. The van der Waals surface area contributed by atoms with Crippen LogP contribution in [0.4, 0.5) is 11.5 Å². The molecule has 2 N–H and O–H groups in total. The number of rotatable bonds is 6. The van der Waals surface area contributed by atoms with Crippen LogP contribution in [0.2, 0.25) is 5.02 Å². The number of furan rings is 1. The average molecular weight is 427 g/mol. The van der Waals surface area contributed by atoms with Gasteiger partial charge in [0.1, 0.15) is 17.1 Å². The zero-order valence-electron chi connectivity index (χ0n) is 17.2. The molecule has 1 aliphatic heterocycles. The van der Waals surface area contributed by atoms with E-state index in [0.717, 1.165) is 36.3 Å². The number of fused-ring (bicyclic) bond motifs is 1. The molecule has 6 nitrogen and oxygen atoms in total. The number of aryl methyl sites for hydroxylation is 1. The Bertz CT molecular complexity index is 1030. The smallest absolute Gasteiger partial charge is 0.270 e. The number of halogens is 1. The summed E-state index contributed by atoms with van der Waals surface area (Å²) in [4.78, 5) is 19.7. The van der Waals surface area contributed by atoms with E-state index in [-0.39, 0.29) is 5.91 Å². The third kappa shape index (κ3) is 4.94. The van der Waals surface area contributed by atoms with Crippen LogP contribution in [0, 0.1) is 6.92 Å².